The van der Waals surface area contributed by atoms with E-state index in [0.717, 1.165) is 112 Å². The van der Waals surface area contributed by atoms with Gasteiger partial charge in [-0.1, -0.05) is 310 Å². The Bertz CT molecular complexity index is 6960. The zero-order valence-corrected chi connectivity index (χ0v) is 78.6. The molecule has 16 nitrogen and oxygen atoms in total. The van der Waals surface area contributed by atoms with E-state index in [0.29, 0.717) is 130 Å². The van der Waals surface area contributed by atoms with Crippen LogP contribution in [0.4, 0.5) is 0 Å². The molecule has 15 aromatic rings. The smallest absolute Gasteiger partial charge is 0.335 e. The number of benzene rings is 12. The van der Waals surface area contributed by atoms with Gasteiger partial charge in [-0.3, -0.25) is 0 Å². The summed E-state index contributed by atoms with van der Waals surface area (Å²) in [6.07, 6.45) is 0. The van der Waals surface area contributed by atoms with Crippen LogP contribution in [0.3, 0.4) is 0 Å². The van der Waals surface area contributed by atoms with Crippen molar-refractivity contribution in [2.75, 3.05) is 0 Å². The topological polar surface area (TPSA) is 202 Å². The number of nitrogens with one attached hydrogen (secondary N) is 2. The number of H-pyrrole nitrogens is 2. The highest BCUT2D eigenvalue weighted by molar-refractivity contribution is 6.09. The molecule has 0 atom stereocenters. The predicted octanol–water partition coefficient (Wildman–Crippen LogP) is 33.0. The van der Waals surface area contributed by atoms with E-state index < -0.39 is 5.97 Å². The second-order valence-corrected chi connectivity index (χ2v) is 38.0. The second-order valence-electron chi connectivity index (χ2n) is 38.0. The number of fused-ring (bicyclic) bond motifs is 20. The van der Waals surface area contributed by atoms with Crippen molar-refractivity contribution >= 4 is 50.1 Å². The monoisotopic (exact) mass is 1720 g/mol. The summed E-state index contributed by atoms with van der Waals surface area (Å²) in [5.41, 5.74) is 19.0. The van der Waals surface area contributed by atoms with Crippen LogP contribution in [0, 0.1) is 0 Å². The van der Waals surface area contributed by atoms with E-state index in [1.807, 2.05) is 66.7 Å². The zero-order valence-electron chi connectivity index (χ0n) is 78.6. The van der Waals surface area contributed by atoms with Crippen LogP contribution in [0.2, 0.25) is 0 Å². The second kappa shape index (κ2) is 36.1. The van der Waals surface area contributed by atoms with Crippen LogP contribution < -0.4 is 28.4 Å². The summed E-state index contributed by atoms with van der Waals surface area (Å²) in [4.78, 5) is 54.7. The van der Waals surface area contributed by atoms with Crippen LogP contribution >= 0.6 is 0 Å². The van der Waals surface area contributed by atoms with Gasteiger partial charge in [0.25, 0.3) is 0 Å². The number of aromatic carboxylic acids is 1. The van der Waals surface area contributed by atoms with Gasteiger partial charge in [0.2, 0.25) is 0 Å². The highest BCUT2D eigenvalue weighted by Crippen LogP contribution is 2.55. The summed E-state index contributed by atoms with van der Waals surface area (Å²) in [5, 5.41) is 12.8. The van der Waals surface area contributed by atoms with Gasteiger partial charge in [0.15, 0.2) is 57.8 Å². The number of carboxylic acids is 1. The van der Waals surface area contributed by atoms with E-state index in [1.54, 1.807) is 12.1 Å². The first kappa shape index (κ1) is 88.3. The minimum Gasteiger partial charge on any atom is -0.478 e. The minimum absolute atomic E-state index is 0.0253. The van der Waals surface area contributed by atoms with E-state index in [1.165, 1.54) is 0 Å². The fourth-order valence-electron chi connectivity index (χ4n) is 17.9. The fraction of sp³-hybridized carbons (Fsp3) is 0.289. The minimum atomic E-state index is -1.02. The first-order chi connectivity index (χ1) is 62.3. The number of hydrogen-bond acceptors (Lipinski definition) is 13. The van der Waals surface area contributed by atoms with Crippen LogP contribution in [-0.2, 0) is 0 Å². The largest absolute Gasteiger partial charge is 0.478 e. The Hall–Kier alpha value is -13.7. The van der Waals surface area contributed by atoms with Crippen LogP contribution in [-0.4, -0.2) is 50.9 Å². The van der Waals surface area contributed by atoms with E-state index in [9.17, 15) is 9.90 Å². The van der Waals surface area contributed by atoms with E-state index >= 15 is 0 Å². The van der Waals surface area contributed by atoms with Crippen LogP contribution in [0.5, 0.6) is 69.0 Å². The van der Waals surface area contributed by atoms with E-state index in [-0.39, 0.29) is 70.7 Å². The number of para-hydroxylation sites is 6. The molecule has 0 saturated heterocycles. The molecule has 16 heteroatoms. The lowest BCUT2D eigenvalue weighted by molar-refractivity contribution is 0.0696. The van der Waals surface area contributed by atoms with Gasteiger partial charge in [0.05, 0.1) is 5.56 Å². The Balaban J connectivity index is 1.04. The van der Waals surface area contributed by atoms with Crippen molar-refractivity contribution in [2.24, 2.45) is 0 Å². The van der Waals surface area contributed by atoms with Crippen molar-refractivity contribution in [1.29, 1.82) is 0 Å². The maximum absolute atomic E-state index is 12.4. The summed E-state index contributed by atoms with van der Waals surface area (Å²) in [6, 6.07) is 73.9. The lowest BCUT2D eigenvalue weighted by Crippen LogP contribution is -2.04. The Morgan fingerprint density at radius 1 is 0.231 bits per heavy atom. The van der Waals surface area contributed by atoms with E-state index in [4.69, 9.17) is 58.3 Å². The standard InChI is InChI=1S/C114H116N8O8/c1-59(2)74-34-26-35-75(60(3)4)100(74)125-94-53-88-89(54-95(94)126-101-76(61(5)6)36-27-37-77(101)62(7)8)110-118-108(88)116-106-86-51-50-73(70-46-48-72(49-47-70)114(123)124)52-87(86)107(115-106)117-109-90-55-96(127-102-78(63(9)10)38-28-39-79(102)64(11)12)97(128-103-80(65(13)14)40-29-41-81(103)66(15)16)56-91(90)111(119-109)121-113-93-58-99(130-105-84(69(21)22)44-31-45-85(105)71-32-24-23-25-33-71)98(57-92(93)112(120-110)122-113)129-104-82(67(17)18)42-30-43-83(104)68(19)20/h23-69H,1-22H3,(H,123,124)(H2,115,116,117,118,119,120,121,122). The fourth-order valence-corrected chi connectivity index (χ4v) is 17.9. The first-order valence-electron chi connectivity index (χ1n) is 46.1. The number of aromatic nitrogens is 8. The normalized spacial score (nSPS) is 12.1. The molecule has 0 saturated carbocycles. The SMILES string of the molecule is CC(C)c1cccc(-c2ccccc2)c1Oc1cc2c3nc4nc(nc5[nH]c(nc6nc(nc([nH]3)c2cc1Oc1c(C(C)C)cccc1C(C)C)-c1cc(Oc2c(C(C)C)cccc2C(C)C)c(Oc2c(C(C)C)cccc2C(C)C)cc1-6)c1ccc(-c2ccc(C(=O)O)cc2)cc51)-c1cc(Oc2c(C(C)C)cccc2C(C)C)c(Oc2c(C(C)C)cccc2C(C)C)cc1-4. The number of carbonyl (C=O) groups is 1. The molecule has 0 amide bonds. The molecule has 8 bridgehead atoms. The van der Waals surface area contributed by atoms with Crippen molar-refractivity contribution in [3.8, 4) is 137 Å². The van der Waals surface area contributed by atoms with Crippen molar-refractivity contribution in [3.05, 3.63) is 285 Å². The Morgan fingerprint density at radius 3 is 0.762 bits per heavy atom. The third-order valence-electron chi connectivity index (χ3n) is 25.1. The first-order valence-corrected chi connectivity index (χ1v) is 46.1. The summed E-state index contributed by atoms with van der Waals surface area (Å²) in [5.74, 6) is 7.92. The van der Waals surface area contributed by atoms with Crippen molar-refractivity contribution in [1.82, 2.24) is 39.9 Å². The molecule has 2 aliphatic rings. The van der Waals surface area contributed by atoms with Crippen LogP contribution in [0.15, 0.2) is 218 Å². The Kier molecular flexibility index (Phi) is 24.5. The van der Waals surface area contributed by atoms with E-state index in [2.05, 4.69) is 302 Å². The molecule has 0 radical (unpaired) electrons. The predicted molar refractivity (Wildman–Crippen MR) is 528 cm³/mol. The molecule has 0 unspecified atom stereocenters. The summed E-state index contributed by atoms with van der Waals surface area (Å²) < 4.78 is 46.1. The molecule has 660 valence electrons. The summed E-state index contributed by atoms with van der Waals surface area (Å²) in [7, 11) is 0. The molecule has 0 fully saturated rings. The lowest BCUT2D eigenvalue weighted by atomic mass is 9.93. The molecule has 12 aromatic carbocycles. The molecule has 130 heavy (non-hydrogen) atoms. The summed E-state index contributed by atoms with van der Waals surface area (Å²) in [6.45, 7) is 48.3. The molecular formula is C114H116N8O8. The lowest BCUT2D eigenvalue weighted by Gasteiger charge is -2.24. The van der Waals surface area contributed by atoms with Gasteiger partial charge in [0, 0.05) is 49.4 Å². The van der Waals surface area contributed by atoms with Crippen molar-refractivity contribution in [3.63, 3.8) is 0 Å². The number of hydrogen-bond donors (Lipinski definition) is 3. The summed E-state index contributed by atoms with van der Waals surface area (Å²) >= 11 is 0. The van der Waals surface area contributed by atoms with Gasteiger partial charge < -0.3 is 43.5 Å². The average molecular weight is 1730 g/mol. The quantitative estimate of drug-likeness (QED) is 0.0462. The number of carboxylic acid groups (broad SMARTS) is 1. The van der Waals surface area contributed by atoms with Crippen molar-refractivity contribution < 1.29 is 38.3 Å². The Morgan fingerprint density at radius 2 is 0.477 bits per heavy atom. The van der Waals surface area contributed by atoms with Gasteiger partial charge in [-0.25, -0.2) is 34.7 Å². The van der Waals surface area contributed by atoms with Gasteiger partial charge in [-0.15, -0.1) is 0 Å². The molecule has 3 aromatic heterocycles. The molecule has 3 N–H and O–H groups in total. The van der Waals surface area contributed by atoms with Gasteiger partial charge in [-0.2, -0.15) is 0 Å². The Labute approximate surface area is 763 Å². The number of aromatic amines is 2. The molecule has 0 aliphatic carbocycles. The number of ether oxygens (including phenoxy) is 6. The zero-order chi connectivity index (χ0) is 91.7. The molecule has 17 rings (SSSR count). The molecule has 5 heterocycles. The third kappa shape index (κ3) is 17.0. The average Bonchev–Trinajstić information content (AvgIpc) is 1.58. The molecule has 2 aliphatic heterocycles. The number of nitrogens with zero attached hydrogens (tertiary/aromatic N) is 6. The molecular weight excluding hydrogens is 1610 g/mol. The van der Waals surface area contributed by atoms with Crippen LogP contribution in [0.1, 0.15) is 289 Å². The highest BCUT2D eigenvalue weighted by Gasteiger charge is 2.34. The van der Waals surface area contributed by atoms with Gasteiger partial charge in [0.1, 0.15) is 57.1 Å². The highest BCUT2D eigenvalue weighted by atomic mass is 16.5. The van der Waals surface area contributed by atoms with Crippen LogP contribution in [0.25, 0.3) is 112 Å². The maximum atomic E-state index is 12.4. The van der Waals surface area contributed by atoms with Gasteiger partial charge in [-0.05, 0) is 204 Å². The molecule has 0 spiro atoms. The third-order valence-corrected chi connectivity index (χ3v) is 25.1. The maximum Gasteiger partial charge on any atom is 0.335 e. The number of rotatable bonds is 26. The van der Waals surface area contributed by atoms with Gasteiger partial charge >= 0.3 is 5.97 Å². The van der Waals surface area contributed by atoms with Crippen molar-refractivity contribution in [2.45, 2.75) is 217 Å².